The predicted molar refractivity (Wildman–Crippen MR) is 152 cm³/mol. The second-order valence-electron chi connectivity index (χ2n) is 11.5. The minimum absolute atomic E-state index is 0.198. The Bertz CT molecular complexity index is 1200. The van der Waals surface area contributed by atoms with Crippen molar-refractivity contribution in [1.82, 2.24) is 25.8 Å². The van der Waals surface area contributed by atoms with Gasteiger partial charge in [0.15, 0.2) is 6.61 Å². The van der Waals surface area contributed by atoms with Crippen LogP contribution in [-0.2, 0) is 30.4 Å². The molecule has 4 aliphatic rings. The molecule has 0 saturated carbocycles. The van der Waals surface area contributed by atoms with Crippen LogP contribution >= 0.6 is 0 Å². The molecule has 5 amide bonds. The van der Waals surface area contributed by atoms with Gasteiger partial charge in [-0.15, -0.1) is 0 Å². The minimum Gasteiger partial charge on any atom is -0.484 e. The second-order valence-corrected chi connectivity index (χ2v) is 11.5. The topological polar surface area (TPSA) is 137 Å². The molecule has 0 unspecified atom stereocenters. The maximum absolute atomic E-state index is 13.5. The summed E-state index contributed by atoms with van der Waals surface area (Å²) < 4.78 is 5.66. The van der Waals surface area contributed by atoms with Crippen LogP contribution in [0.2, 0.25) is 0 Å². The quantitative estimate of drug-likeness (QED) is 0.455. The Morgan fingerprint density at radius 2 is 1.73 bits per heavy atom. The van der Waals surface area contributed by atoms with Gasteiger partial charge in [0.05, 0.1) is 0 Å². The number of nitrogens with one attached hydrogen (secondary N) is 3. The lowest BCUT2D eigenvalue weighted by Crippen LogP contribution is -2.58. The highest BCUT2D eigenvalue weighted by atomic mass is 16.5. The number of hydrogen-bond acceptors (Lipinski definition) is 6. The lowest BCUT2D eigenvalue weighted by molar-refractivity contribution is -0.143. The molecule has 11 nitrogen and oxygen atoms in total. The Morgan fingerprint density at radius 1 is 1.00 bits per heavy atom. The van der Waals surface area contributed by atoms with Gasteiger partial charge in [0.1, 0.15) is 29.9 Å². The van der Waals surface area contributed by atoms with Crippen LogP contribution in [0.5, 0.6) is 5.75 Å². The lowest BCUT2D eigenvalue weighted by atomic mass is 10.0. The van der Waals surface area contributed by atoms with E-state index < -0.39 is 41.9 Å². The molecule has 4 aliphatic heterocycles. The second kappa shape index (κ2) is 13.2. The number of hydrogen-bond donors (Lipinski definition) is 3. The molecule has 4 heterocycles. The van der Waals surface area contributed by atoms with Crippen molar-refractivity contribution in [1.29, 1.82) is 0 Å². The molecule has 222 valence electrons. The number of fused-ring (bicyclic) bond motifs is 13. The monoisotopic (exact) mass is 567 g/mol. The zero-order chi connectivity index (χ0) is 29.7. The van der Waals surface area contributed by atoms with Crippen LogP contribution in [0.4, 0.5) is 0 Å². The van der Waals surface area contributed by atoms with Gasteiger partial charge in [0.25, 0.3) is 5.91 Å². The summed E-state index contributed by atoms with van der Waals surface area (Å²) in [5.41, 5.74) is 2.02. The summed E-state index contributed by atoms with van der Waals surface area (Å²) >= 11 is 0. The molecule has 0 aromatic heterocycles. The van der Waals surface area contributed by atoms with Crippen LogP contribution in [0, 0.1) is 5.92 Å². The van der Waals surface area contributed by atoms with Crippen LogP contribution in [0.15, 0.2) is 35.9 Å². The van der Waals surface area contributed by atoms with Gasteiger partial charge in [0.2, 0.25) is 23.6 Å². The minimum atomic E-state index is -0.933. The Balaban J connectivity index is 1.60. The zero-order valence-corrected chi connectivity index (χ0v) is 24.3. The van der Waals surface area contributed by atoms with Crippen molar-refractivity contribution in [2.75, 3.05) is 26.2 Å². The number of ether oxygens (including phenoxy) is 1. The van der Waals surface area contributed by atoms with Gasteiger partial charge in [-0.3, -0.25) is 24.0 Å². The molecule has 1 saturated heterocycles. The number of carbonyl (C=O) groups is 5. The molecule has 5 rings (SSSR count). The third-order valence-corrected chi connectivity index (χ3v) is 7.94. The normalized spacial score (nSPS) is 26.6. The lowest BCUT2D eigenvalue weighted by Gasteiger charge is -2.31. The standard InChI is InChI=1S/C30H41N5O6/c1-18(2)26-30(40)35-13-5-6-24(35)28(38)31-20(4)27(37)32-23(29(39)34-14-11-19(3)12-15-34)16-21-7-9-22(10-8-21)41-17-25(36)33-26/h7-11,18,20,23-24,26H,5-6,12-17H2,1-4H3,(H,31,38)(H,32,37)(H,33,36)/t20-,23-,24+,26-/m0/s1. The SMILES string of the molecule is CC1=CCN(C(=O)[C@@H]2Cc3ccc(cc3)OCC(=O)N[C@@H](C(C)C)C(=O)N3CCC[C@@H]3C(=O)N[C@@H](C)C(=O)N2)CC1. The summed E-state index contributed by atoms with van der Waals surface area (Å²) in [6.45, 7) is 8.38. The molecule has 1 aromatic carbocycles. The number of amides is 5. The first-order valence-corrected chi connectivity index (χ1v) is 14.4. The van der Waals surface area contributed by atoms with E-state index in [0.717, 1.165) is 12.0 Å². The number of rotatable bonds is 2. The predicted octanol–water partition coefficient (Wildman–Crippen LogP) is 0.921. The van der Waals surface area contributed by atoms with Crippen LogP contribution in [0.25, 0.3) is 0 Å². The van der Waals surface area contributed by atoms with E-state index in [0.29, 0.717) is 38.2 Å². The smallest absolute Gasteiger partial charge is 0.258 e. The van der Waals surface area contributed by atoms with E-state index in [1.165, 1.54) is 10.5 Å². The van der Waals surface area contributed by atoms with Crippen LogP contribution in [0.1, 0.15) is 52.5 Å². The highest BCUT2D eigenvalue weighted by Gasteiger charge is 2.39. The highest BCUT2D eigenvalue weighted by molar-refractivity contribution is 5.96. The number of benzene rings is 1. The average molecular weight is 568 g/mol. The largest absolute Gasteiger partial charge is 0.484 e. The van der Waals surface area contributed by atoms with E-state index >= 15 is 0 Å². The zero-order valence-electron chi connectivity index (χ0n) is 24.3. The van der Waals surface area contributed by atoms with Crippen molar-refractivity contribution in [3.05, 3.63) is 41.5 Å². The Hall–Kier alpha value is -3.89. The first-order valence-electron chi connectivity index (χ1n) is 14.4. The van der Waals surface area contributed by atoms with Gasteiger partial charge < -0.3 is 30.5 Å². The van der Waals surface area contributed by atoms with Crippen LogP contribution in [0.3, 0.4) is 0 Å². The summed E-state index contributed by atoms with van der Waals surface area (Å²) in [6.07, 6.45) is 4.10. The maximum atomic E-state index is 13.5. The molecule has 1 aromatic rings. The molecule has 1 fully saturated rings. The van der Waals surface area contributed by atoms with Gasteiger partial charge in [-0.1, -0.05) is 37.6 Å². The van der Waals surface area contributed by atoms with Crippen LogP contribution in [-0.4, -0.2) is 89.7 Å². The van der Waals surface area contributed by atoms with Gasteiger partial charge in [0, 0.05) is 26.1 Å². The molecule has 0 aliphatic carbocycles. The fraction of sp³-hybridized carbons (Fsp3) is 0.567. The van der Waals surface area contributed by atoms with Gasteiger partial charge in [-0.2, -0.15) is 0 Å². The number of nitrogens with zero attached hydrogens (tertiary/aromatic N) is 2. The molecule has 11 heteroatoms. The molecular formula is C30H41N5O6. The molecule has 0 spiro atoms. The van der Waals surface area contributed by atoms with Crippen molar-refractivity contribution in [3.8, 4) is 5.75 Å². The van der Waals surface area contributed by atoms with Crippen molar-refractivity contribution in [2.45, 2.75) is 77.5 Å². The third-order valence-electron chi connectivity index (χ3n) is 7.94. The molecule has 4 atom stereocenters. The molecule has 41 heavy (non-hydrogen) atoms. The van der Waals surface area contributed by atoms with E-state index in [-0.39, 0.29) is 30.8 Å². The molecule has 2 bridgehead atoms. The van der Waals surface area contributed by atoms with E-state index in [1.807, 2.05) is 26.8 Å². The fourth-order valence-electron chi connectivity index (χ4n) is 5.38. The summed E-state index contributed by atoms with van der Waals surface area (Å²) in [4.78, 5) is 69.5. The van der Waals surface area contributed by atoms with Crippen molar-refractivity contribution in [2.24, 2.45) is 5.92 Å². The van der Waals surface area contributed by atoms with Gasteiger partial charge in [-0.25, -0.2) is 0 Å². The first-order chi connectivity index (χ1) is 19.5. The van der Waals surface area contributed by atoms with Crippen molar-refractivity contribution in [3.63, 3.8) is 0 Å². The highest BCUT2D eigenvalue weighted by Crippen LogP contribution is 2.21. The average Bonchev–Trinajstić information content (AvgIpc) is 3.44. The Morgan fingerprint density at radius 3 is 2.39 bits per heavy atom. The summed E-state index contributed by atoms with van der Waals surface area (Å²) in [5, 5.41) is 8.37. The Kier molecular flexibility index (Phi) is 9.67. The molecular weight excluding hydrogens is 526 g/mol. The van der Waals surface area contributed by atoms with Gasteiger partial charge >= 0.3 is 0 Å². The Labute approximate surface area is 241 Å². The van der Waals surface area contributed by atoms with Crippen molar-refractivity contribution < 1.29 is 28.7 Å². The molecule has 0 radical (unpaired) electrons. The first kappa shape index (κ1) is 30.1. The van der Waals surface area contributed by atoms with Crippen LogP contribution < -0.4 is 20.7 Å². The van der Waals surface area contributed by atoms with Crippen molar-refractivity contribution >= 4 is 29.5 Å². The molecule has 3 N–H and O–H groups in total. The number of carbonyl (C=O) groups excluding carboxylic acids is 5. The summed E-state index contributed by atoms with van der Waals surface area (Å²) in [5.74, 6) is -1.68. The van der Waals surface area contributed by atoms with E-state index in [1.54, 1.807) is 36.1 Å². The van der Waals surface area contributed by atoms with E-state index in [2.05, 4.69) is 16.0 Å². The van der Waals surface area contributed by atoms with Gasteiger partial charge in [-0.05, 0) is 56.7 Å². The summed E-state index contributed by atoms with van der Waals surface area (Å²) in [7, 11) is 0. The summed E-state index contributed by atoms with van der Waals surface area (Å²) in [6, 6.07) is 3.62. The fourth-order valence-corrected chi connectivity index (χ4v) is 5.38. The van der Waals surface area contributed by atoms with E-state index in [9.17, 15) is 24.0 Å². The third kappa shape index (κ3) is 7.45. The maximum Gasteiger partial charge on any atom is 0.258 e. The van der Waals surface area contributed by atoms with E-state index in [4.69, 9.17) is 4.74 Å².